The SMILES string of the molecule is CCCCOP(OCCCC)Oc1cc(C)c(C(CCC)c2cc(C(C)(C)C)ccc2C)cc1C(C)(C)C. The molecule has 0 saturated carbocycles. The van der Waals surface area contributed by atoms with Gasteiger partial charge in [-0.05, 0) is 77.8 Å². The molecule has 0 aromatic heterocycles. The zero-order valence-corrected chi connectivity index (χ0v) is 27.2. The van der Waals surface area contributed by atoms with Crippen LogP contribution < -0.4 is 4.52 Å². The molecule has 2 rings (SSSR count). The van der Waals surface area contributed by atoms with Crippen LogP contribution in [0.3, 0.4) is 0 Å². The van der Waals surface area contributed by atoms with Gasteiger partial charge in [0.25, 0.3) is 0 Å². The Labute approximate surface area is 236 Å². The first kappa shape index (κ1) is 32.8. The normalized spacial score (nSPS) is 13.3. The summed E-state index contributed by atoms with van der Waals surface area (Å²) in [4.78, 5) is 0. The molecule has 0 fully saturated rings. The molecule has 0 radical (unpaired) electrons. The Balaban J connectivity index is 2.57. The van der Waals surface area contributed by atoms with Crippen molar-refractivity contribution in [2.45, 2.75) is 131 Å². The Morgan fingerprint density at radius 3 is 1.79 bits per heavy atom. The minimum absolute atomic E-state index is 0.0787. The summed E-state index contributed by atoms with van der Waals surface area (Å²) in [6.07, 6.45) is 6.45. The molecule has 0 aliphatic rings. The van der Waals surface area contributed by atoms with Crippen molar-refractivity contribution >= 4 is 8.60 Å². The number of benzene rings is 2. The minimum Gasteiger partial charge on any atom is -0.426 e. The van der Waals surface area contributed by atoms with Crippen molar-refractivity contribution in [1.82, 2.24) is 0 Å². The molecule has 3 nitrogen and oxygen atoms in total. The van der Waals surface area contributed by atoms with Crippen molar-refractivity contribution in [2.24, 2.45) is 0 Å². The Bertz CT molecular complexity index is 990. The van der Waals surface area contributed by atoms with E-state index in [0.717, 1.165) is 44.3 Å². The van der Waals surface area contributed by atoms with Crippen LogP contribution in [0.15, 0.2) is 30.3 Å². The molecule has 0 amide bonds. The highest BCUT2D eigenvalue weighted by Crippen LogP contribution is 2.47. The fourth-order valence-electron chi connectivity index (χ4n) is 4.72. The molecule has 1 atom stereocenters. The van der Waals surface area contributed by atoms with Crippen molar-refractivity contribution in [3.8, 4) is 5.75 Å². The smallest absolute Gasteiger partial charge is 0.397 e. The van der Waals surface area contributed by atoms with Crippen LogP contribution in [0, 0.1) is 13.8 Å². The first-order valence-corrected chi connectivity index (χ1v) is 15.9. The van der Waals surface area contributed by atoms with E-state index in [1.54, 1.807) is 0 Å². The third-order valence-electron chi connectivity index (χ3n) is 7.21. The summed E-state index contributed by atoms with van der Waals surface area (Å²) in [5.41, 5.74) is 8.14. The molecule has 4 heteroatoms. The maximum Gasteiger partial charge on any atom is 0.397 e. The minimum atomic E-state index is -1.43. The molecule has 0 spiro atoms. The van der Waals surface area contributed by atoms with E-state index in [4.69, 9.17) is 13.6 Å². The van der Waals surface area contributed by atoms with Gasteiger partial charge in [0, 0.05) is 11.5 Å². The van der Waals surface area contributed by atoms with Crippen LogP contribution in [-0.4, -0.2) is 13.2 Å². The van der Waals surface area contributed by atoms with Gasteiger partial charge >= 0.3 is 8.60 Å². The van der Waals surface area contributed by atoms with Crippen molar-refractivity contribution in [3.05, 3.63) is 63.7 Å². The van der Waals surface area contributed by atoms with Crippen LogP contribution in [0.2, 0.25) is 0 Å². The second-order valence-corrected chi connectivity index (χ2v) is 14.0. The molecular formula is C34H55O3P. The average Bonchev–Trinajstić information content (AvgIpc) is 2.82. The fraction of sp³-hybridized carbons (Fsp3) is 0.647. The third kappa shape index (κ3) is 9.35. The van der Waals surface area contributed by atoms with Gasteiger partial charge in [0.1, 0.15) is 5.75 Å². The van der Waals surface area contributed by atoms with Crippen LogP contribution in [0.4, 0.5) is 0 Å². The number of hydrogen-bond acceptors (Lipinski definition) is 3. The summed E-state index contributed by atoms with van der Waals surface area (Å²) in [6, 6.07) is 11.7. The topological polar surface area (TPSA) is 27.7 Å². The summed E-state index contributed by atoms with van der Waals surface area (Å²) in [5, 5.41) is 0. The summed E-state index contributed by atoms with van der Waals surface area (Å²) >= 11 is 0. The van der Waals surface area contributed by atoms with E-state index in [0.29, 0.717) is 19.1 Å². The lowest BCUT2D eigenvalue weighted by Gasteiger charge is -2.30. The molecule has 0 bridgehead atoms. The lowest BCUT2D eigenvalue weighted by atomic mass is 9.77. The van der Waals surface area contributed by atoms with Crippen molar-refractivity contribution in [1.29, 1.82) is 0 Å². The van der Waals surface area contributed by atoms with Gasteiger partial charge in [-0.25, -0.2) is 0 Å². The number of hydrogen-bond donors (Lipinski definition) is 0. The molecule has 0 aliphatic heterocycles. The molecule has 0 heterocycles. The lowest BCUT2D eigenvalue weighted by Crippen LogP contribution is -2.17. The fourth-order valence-corrected chi connectivity index (χ4v) is 5.77. The predicted octanol–water partition coefficient (Wildman–Crippen LogP) is 11.1. The largest absolute Gasteiger partial charge is 0.426 e. The highest BCUT2D eigenvalue weighted by molar-refractivity contribution is 7.42. The molecule has 2 aromatic rings. The van der Waals surface area contributed by atoms with E-state index < -0.39 is 8.60 Å². The maximum atomic E-state index is 6.55. The van der Waals surface area contributed by atoms with E-state index in [2.05, 4.69) is 106 Å². The first-order chi connectivity index (χ1) is 17.8. The molecule has 2 aromatic carbocycles. The zero-order chi connectivity index (χ0) is 28.5. The Hall–Kier alpha value is -1.41. The number of rotatable bonds is 14. The lowest BCUT2D eigenvalue weighted by molar-refractivity contribution is 0.200. The molecular weight excluding hydrogens is 487 g/mol. The quantitative estimate of drug-likeness (QED) is 0.175. The van der Waals surface area contributed by atoms with Crippen LogP contribution in [-0.2, 0) is 19.9 Å². The van der Waals surface area contributed by atoms with Gasteiger partial charge in [0.05, 0.1) is 13.2 Å². The van der Waals surface area contributed by atoms with Crippen LogP contribution >= 0.6 is 8.60 Å². The second kappa shape index (κ2) is 14.8. The summed E-state index contributed by atoms with van der Waals surface area (Å²) < 4.78 is 18.8. The van der Waals surface area contributed by atoms with Gasteiger partial charge in [-0.2, -0.15) is 0 Å². The molecule has 0 N–H and O–H groups in total. The monoisotopic (exact) mass is 542 g/mol. The van der Waals surface area contributed by atoms with E-state index in [1.807, 2.05) is 0 Å². The highest BCUT2D eigenvalue weighted by Gasteiger charge is 2.28. The highest BCUT2D eigenvalue weighted by atomic mass is 31.2. The number of aryl methyl sites for hydroxylation is 2. The van der Waals surface area contributed by atoms with Gasteiger partial charge in [-0.15, -0.1) is 0 Å². The average molecular weight is 543 g/mol. The van der Waals surface area contributed by atoms with Gasteiger partial charge in [-0.3, -0.25) is 0 Å². The van der Waals surface area contributed by atoms with E-state index in [1.165, 1.54) is 33.4 Å². The molecule has 1 unspecified atom stereocenters. The predicted molar refractivity (Wildman–Crippen MR) is 166 cm³/mol. The van der Waals surface area contributed by atoms with Crippen LogP contribution in [0.1, 0.15) is 140 Å². The second-order valence-electron chi connectivity index (χ2n) is 12.8. The Kier molecular flexibility index (Phi) is 12.8. The summed E-state index contributed by atoms with van der Waals surface area (Å²) in [5.74, 6) is 1.24. The van der Waals surface area contributed by atoms with Gasteiger partial charge in [0.2, 0.25) is 0 Å². The van der Waals surface area contributed by atoms with Gasteiger partial charge in [-0.1, -0.05) is 106 Å². The molecule has 0 aliphatic carbocycles. The maximum absolute atomic E-state index is 6.55. The van der Waals surface area contributed by atoms with E-state index in [-0.39, 0.29) is 10.8 Å². The van der Waals surface area contributed by atoms with Crippen LogP contribution in [0.5, 0.6) is 5.75 Å². The number of unbranched alkanes of at least 4 members (excludes halogenated alkanes) is 2. The van der Waals surface area contributed by atoms with E-state index in [9.17, 15) is 0 Å². The summed E-state index contributed by atoms with van der Waals surface area (Å²) in [7, 11) is -1.43. The van der Waals surface area contributed by atoms with Crippen molar-refractivity contribution in [2.75, 3.05) is 13.2 Å². The Morgan fingerprint density at radius 2 is 1.29 bits per heavy atom. The first-order valence-electron chi connectivity index (χ1n) is 14.8. The third-order valence-corrected chi connectivity index (χ3v) is 8.34. The molecule has 0 saturated heterocycles. The standard InChI is InChI=1S/C34H55O3P/c1-12-15-20-35-38(36-21-16-13-2)37-32-22-26(5)30(24-31(32)34(9,10)11)28(17-14-3)29-23-27(33(6,7)8)19-18-25(29)4/h18-19,22-24,28H,12-17,20-21H2,1-11H3. The Morgan fingerprint density at radius 1 is 0.711 bits per heavy atom. The van der Waals surface area contributed by atoms with Crippen molar-refractivity contribution < 1.29 is 13.6 Å². The van der Waals surface area contributed by atoms with Gasteiger partial charge < -0.3 is 13.6 Å². The molecule has 214 valence electrons. The zero-order valence-electron chi connectivity index (χ0n) is 26.3. The van der Waals surface area contributed by atoms with Crippen molar-refractivity contribution in [3.63, 3.8) is 0 Å². The van der Waals surface area contributed by atoms with Gasteiger partial charge in [0.15, 0.2) is 0 Å². The summed E-state index contributed by atoms with van der Waals surface area (Å²) in [6.45, 7) is 26.2. The molecule has 38 heavy (non-hydrogen) atoms. The van der Waals surface area contributed by atoms with Crippen LogP contribution in [0.25, 0.3) is 0 Å². The van der Waals surface area contributed by atoms with E-state index >= 15 is 0 Å².